The van der Waals surface area contributed by atoms with Crippen LogP contribution >= 0.6 is 24.0 Å². The Labute approximate surface area is 151 Å². The number of halogens is 2. The van der Waals surface area contributed by atoms with Gasteiger partial charge in [0.2, 0.25) is 0 Å². The van der Waals surface area contributed by atoms with E-state index in [0.29, 0.717) is 12.0 Å². The monoisotopic (exact) mass is 357 g/mol. The van der Waals surface area contributed by atoms with Gasteiger partial charge in [0.1, 0.15) is 0 Å². The van der Waals surface area contributed by atoms with E-state index in [1.807, 2.05) is 12.1 Å². The van der Waals surface area contributed by atoms with Crippen molar-refractivity contribution in [3.8, 4) is 0 Å². The van der Waals surface area contributed by atoms with Gasteiger partial charge in [0.05, 0.1) is 5.60 Å². The Bertz CT molecular complexity index is 542. The maximum atomic E-state index is 11.0. The topological polar surface area (TPSA) is 23.5 Å². The van der Waals surface area contributed by atoms with Gasteiger partial charge in [-0.3, -0.25) is 4.90 Å². The Morgan fingerprint density at radius 3 is 2.57 bits per heavy atom. The minimum atomic E-state index is -0.522. The van der Waals surface area contributed by atoms with Crippen molar-refractivity contribution < 1.29 is 5.11 Å². The second-order valence-corrected chi connectivity index (χ2v) is 8.59. The number of piperidine rings is 2. The quantitative estimate of drug-likeness (QED) is 0.773. The van der Waals surface area contributed by atoms with E-state index < -0.39 is 5.60 Å². The van der Waals surface area contributed by atoms with Crippen LogP contribution in [0.3, 0.4) is 0 Å². The smallest absolute Gasteiger partial charge is 0.0722 e. The van der Waals surface area contributed by atoms with Gasteiger partial charge in [-0.1, -0.05) is 50.6 Å². The van der Waals surface area contributed by atoms with E-state index in [0.717, 1.165) is 37.4 Å². The van der Waals surface area contributed by atoms with Crippen molar-refractivity contribution in [2.45, 2.75) is 64.0 Å². The molecule has 130 valence electrons. The fourth-order valence-corrected chi connectivity index (χ4v) is 4.46. The Balaban J connectivity index is 0.00000192. The first-order valence-corrected chi connectivity index (χ1v) is 8.89. The standard InChI is InChI=1S/C19H28ClNO.ClH/c1-18(2,3)19(22)10-11-21-13-14(8-9-15(21)12-19)16-6-4-5-7-17(16)20;/h4-7,14-15,22H,8-13H2,1-3H3;1H/t14-,15-,19-;/m1./s1. The van der Waals surface area contributed by atoms with Gasteiger partial charge in [0, 0.05) is 24.2 Å². The predicted molar refractivity (Wildman–Crippen MR) is 99.7 cm³/mol. The third-order valence-corrected chi connectivity index (χ3v) is 6.29. The average molecular weight is 358 g/mol. The molecule has 3 atom stereocenters. The second-order valence-electron chi connectivity index (χ2n) is 8.18. The Morgan fingerprint density at radius 2 is 1.91 bits per heavy atom. The summed E-state index contributed by atoms with van der Waals surface area (Å²) in [5.41, 5.74) is 0.726. The molecular weight excluding hydrogens is 329 g/mol. The molecule has 2 nitrogen and oxygen atoms in total. The van der Waals surface area contributed by atoms with Crippen LogP contribution in [0.1, 0.15) is 57.9 Å². The van der Waals surface area contributed by atoms with Gasteiger partial charge >= 0.3 is 0 Å². The molecular formula is C19H29Cl2NO. The van der Waals surface area contributed by atoms with Crippen LogP contribution in [0.4, 0.5) is 0 Å². The highest BCUT2D eigenvalue weighted by Gasteiger charge is 2.47. The molecule has 0 radical (unpaired) electrons. The van der Waals surface area contributed by atoms with Crippen molar-refractivity contribution in [1.82, 2.24) is 4.90 Å². The van der Waals surface area contributed by atoms with Crippen LogP contribution in [0.5, 0.6) is 0 Å². The molecule has 1 N–H and O–H groups in total. The number of benzene rings is 1. The Kier molecular flexibility index (Phi) is 5.73. The molecule has 4 heteroatoms. The summed E-state index contributed by atoms with van der Waals surface area (Å²) in [6.07, 6.45) is 4.12. The van der Waals surface area contributed by atoms with Gasteiger partial charge in [0.25, 0.3) is 0 Å². The van der Waals surface area contributed by atoms with E-state index in [9.17, 15) is 5.11 Å². The minimum absolute atomic E-state index is 0. The first-order chi connectivity index (χ1) is 10.3. The van der Waals surface area contributed by atoms with Gasteiger partial charge in [0.15, 0.2) is 0 Å². The van der Waals surface area contributed by atoms with Gasteiger partial charge in [-0.15, -0.1) is 12.4 Å². The van der Waals surface area contributed by atoms with E-state index in [1.54, 1.807) is 0 Å². The van der Waals surface area contributed by atoms with Crippen LogP contribution < -0.4 is 0 Å². The summed E-state index contributed by atoms with van der Waals surface area (Å²) in [5, 5.41) is 11.9. The van der Waals surface area contributed by atoms with E-state index in [-0.39, 0.29) is 17.8 Å². The van der Waals surface area contributed by atoms with E-state index in [2.05, 4.69) is 37.8 Å². The van der Waals surface area contributed by atoms with Gasteiger partial charge in [-0.2, -0.15) is 0 Å². The molecule has 2 fully saturated rings. The maximum absolute atomic E-state index is 11.0. The third-order valence-electron chi connectivity index (χ3n) is 5.95. The molecule has 2 aliphatic heterocycles. The molecule has 0 bridgehead atoms. The highest BCUT2D eigenvalue weighted by atomic mass is 35.5. The summed E-state index contributed by atoms with van der Waals surface area (Å²) in [6.45, 7) is 8.57. The normalized spacial score (nSPS) is 32.0. The van der Waals surface area contributed by atoms with Crippen molar-refractivity contribution in [1.29, 1.82) is 0 Å². The molecule has 0 saturated carbocycles. The molecule has 1 aromatic carbocycles. The predicted octanol–water partition coefficient (Wildman–Crippen LogP) is 4.88. The summed E-state index contributed by atoms with van der Waals surface area (Å²) >= 11 is 6.38. The lowest BCUT2D eigenvalue weighted by molar-refractivity contribution is -0.122. The molecule has 1 aromatic rings. The summed E-state index contributed by atoms with van der Waals surface area (Å²) in [4.78, 5) is 2.58. The molecule has 2 aliphatic rings. The lowest BCUT2D eigenvalue weighted by atomic mass is 9.67. The minimum Gasteiger partial charge on any atom is -0.389 e. The van der Waals surface area contributed by atoms with Crippen LogP contribution in [0.15, 0.2) is 24.3 Å². The number of aliphatic hydroxyl groups is 1. The van der Waals surface area contributed by atoms with Crippen LogP contribution in [0.25, 0.3) is 0 Å². The average Bonchev–Trinajstić information content (AvgIpc) is 2.46. The summed E-state index contributed by atoms with van der Waals surface area (Å²) in [6, 6.07) is 8.78. The fourth-order valence-electron chi connectivity index (χ4n) is 4.17. The first-order valence-electron chi connectivity index (χ1n) is 8.51. The zero-order valence-electron chi connectivity index (χ0n) is 14.4. The SMILES string of the molecule is CC(C)(C)[C@@]1(O)CCN2C[C@H](c3ccccc3Cl)CC[C@@H]2C1.Cl. The van der Waals surface area contributed by atoms with Crippen LogP contribution in [0, 0.1) is 5.41 Å². The lowest BCUT2D eigenvalue weighted by Crippen LogP contribution is -2.57. The van der Waals surface area contributed by atoms with Gasteiger partial charge in [-0.25, -0.2) is 0 Å². The highest BCUT2D eigenvalue weighted by Crippen LogP contribution is 2.45. The zero-order chi connectivity index (χ0) is 16.0. The van der Waals surface area contributed by atoms with Crippen molar-refractivity contribution in [2.75, 3.05) is 13.1 Å². The Hall–Kier alpha value is -0.280. The number of fused-ring (bicyclic) bond motifs is 1. The maximum Gasteiger partial charge on any atom is 0.0722 e. The fraction of sp³-hybridized carbons (Fsp3) is 0.684. The Morgan fingerprint density at radius 1 is 1.22 bits per heavy atom. The number of rotatable bonds is 1. The molecule has 0 unspecified atom stereocenters. The summed E-state index contributed by atoms with van der Waals surface area (Å²) < 4.78 is 0. The van der Waals surface area contributed by atoms with Crippen molar-refractivity contribution in [3.05, 3.63) is 34.9 Å². The van der Waals surface area contributed by atoms with Gasteiger partial charge < -0.3 is 5.11 Å². The lowest BCUT2D eigenvalue weighted by Gasteiger charge is -2.52. The molecule has 0 aliphatic carbocycles. The van der Waals surface area contributed by atoms with Crippen molar-refractivity contribution in [2.24, 2.45) is 5.41 Å². The highest BCUT2D eigenvalue weighted by molar-refractivity contribution is 6.31. The van der Waals surface area contributed by atoms with Crippen molar-refractivity contribution in [3.63, 3.8) is 0 Å². The molecule has 2 saturated heterocycles. The van der Waals surface area contributed by atoms with Gasteiger partial charge in [-0.05, 0) is 48.6 Å². The largest absolute Gasteiger partial charge is 0.389 e. The van der Waals surface area contributed by atoms with E-state index >= 15 is 0 Å². The molecule has 0 spiro atoms. The summed E-state index contributed by atoms with van der Waals surface area (Å²) in [7, 11) is 0. The number of hydrogen-bond acceptors (Lipinski definition) is 2. The molecule has 3 rings (SSSR count). The summed E-state index contributed by atoms with van der Waals surface area (Å²) in [5.74, 6) is 0.533. The first kappa shape index (κ1) is 19.1. The third kappa shape index (κ3) is 3.71. The van der Waals surface area contributed by atoms with E-state index in [1.165, 1.54) is 12.0 Å². The van der Waals surface area contributed by atoms with Crippen molar-refractivity contribution >= 4 is 24.0 Å². The molecule has 0 aromatic heterocycles. The van der Waals surface area contributed by atoms with Crippen LogP contribution in [0.2, 0.25) is 5.02 Å². The second kappa shape index (κ2) is 6.92. The van der Waals surface area contributed by atoms with Crippen LogP contribution in [-0.4, -0.2) is 34.7 Å². The molecule has 0 amide bonds. The number of hydrogen-bond donors (Lipinski definition) is 1. The number of nitrogens with zero attached hydrogens (tertiary/aromatic N) is 1. The molecule has 2 heterocycles. The van der Waals surface area contributed by atoms with Crippen LogP contribution in [-0.2, 0) is 0 Å². The molecule has 23 heavy (non-hydrogen) atoms. The zero-order valence-corrected chi connectivity index (χ0v) is 16.0. The van der Waals surface area contributed by atoms with E-state index in [4.69, 9.17) is 11.6 Å².